The van der Waals surface area contributed by atoms with Gasteiger partial charge in [0.2, 0.25) is 11.8 Å². The topological polar surface area (TPSA) is 49.4 Å². The lowest BCUT2D eigenvalue weighted by Gasteiger charge is -2.27. The van der Waals surface area contributed by atoms with Crippen molar-refractivity contribution in [2.24, 2.45) is 0 Å². The lowest BCUT2D eigenvalue weighted by molar-refractivity contribution is -0.129. The summed E-state index contributed by atoms with van der Waals surface area (Å²) in [6, 6.07) is 4.47. The molecule has 126 valence electrons. The van der Waals surface area contributed by atoms with Gasteiger partial charge in [-0.2, -0.15) is 0 Å². The molecular weight excluding hydrogens is 308 g/mol. The maximum Gasteiger partial charge on any atom is 0.225 e. The largest absolute Gasteiger partial charge is 0.351 e. The van der Waals surface area contributed by atoms with E-state index >= 15 is 0 Å². The number of aryl methyl sites for hydroxylation is 1. The van der Waals surface area contributed by atoms with Crippen LogP contribution in [0.5, 0.6) is 0 Å². The first-order valence-electron chi connectivity index (χ1n) is 8.83. The van der Waals surface area contributed by atoms with E-state index in [0.717, 1.165) is 19.3 Å². The van der Waals surface area contributed by atoms with Crippen molar-refractivity contribution in [2.75, 3.05) is 6.54 Å². The van der Waals surface area contributed by atoms with E-state index in [-0.39, 0.29) is 17.9 Å². The predicted molar refractivity (Wildman–Crippen MR) is 92.4 cm³/mol. The zero-order valence-electron chi connectivity index (χ0n) is 13.6. The Morgan fingerprint density at radius 3 is 2.74 bits per heavy atom. The molecule has 23 heavy (non-hydrogen) atoms. The van der Waals surface area contributed by atoms with Crippen LogP contribution in [0.1, 0.15) is 56.2 Å². The van der Waals surface area contributed by atoms with Gasteiger partial charge in [-0.3, -0.25) is 9.59 Å². The summed E-state index contributed by atoms with van der Waals surface area (Å²) in [7, 11) is 0. The molecule has 3 rings (SSSR count). The van der Waals surface area contributed by atoms with Gasteiger partial charge in [0.05, 0.1) is 6.04 Å². The van der Waals surface area contributed by atoms with Crippen LogP contribution in [-0.2, 0) is 16.0 Å². The number of likely N-dealkylation sites (tertiary alicyclic amines) is 1. The lowest BCUT2D eigenvalue weighted by atomic mass is 10.1. The molecule has 1 saturated heterocycles. The number of amides is 2. The zero-order valence-corrected chi connectivity index (χ0v) is 14.4. The molecule has 2 fully saturated rings. The number of hydrogen-bond donors (Lipinski definition) is 1. The van der Waals surface area contributed by atoms with E-state index in [4.69, 9.17) is 0 Å². The molecule has 1 atom stereocenters. The molecule has 1 aliphatic heterocycles. The summed E-state index contributed by atoms with van der Waals surface area (Å²) >= 11 is 1.69. The van der Waals surface area contributed by atoms with Crippen molar-refractivity contribution in [2.45, 2.75) is 69.9 Å². The fraction of sp³-hybridized carbons (Fsp3) is 0.667. The van der Waals surface area contributed by atoms with Gasteiger partial charge in [0.15, 0.2) is 0 Å². The van der Waals surface area contributed by atoms with Gasteiger partial charge in [0, 0.05) is 30.3 Å². The number of carbonyl (C=O) groups excluding carboxylic acids is 2. The van der Waals surface area contributed by atoms with E-state index in [9.17, 15) is 9.59 Å². The maximum absolute atomic E-state index is 12.3. The Labute approximate surface area is 142 Å². The molecule has 4 nitrogen and oxygen atoms in total. The van der Waals surface area contributed by atoms with Gasteiger partial charge in [-0.05, 0) is 30.7 Å². The number of nitrogens with zero attached hydrogens (tertiary/aromatic N) is 1. The van der Waals surface area contributed by atoms with Crippen LogP contribution in [0.25, 0.3) is 0 Å². The van der Waals surface area contributed by atoms with Gasteiger partial charge in [-0.1, -0.05) is 31.7 Å². The number of carbonyl (C=O) groups is 2. The summed E-state index contributed by atoms with van der Waals surface area (Å²) in [6.07, 6.45) is 9.07. The van der Waals surface area contributed by atoms with Crippen LogP contribution in [0.3, 0.4) is 0 Å². The molecule has 5 heteroatoms. The summed E-state index contributed by atoms with van der Waals surface area (Å²) in [4.78, 5) is 27.7. The Morgan fingerprint density at radius 1 is 1.26 bits per heavy atom. The van der Waals surface area contributed by atoms with E-state index in [1.165, 1.54) is 30.6 Å². The molecule has 0 bridgehead atoms. The minimum atomic E-state index is 0.00147. The quantitative estimate of drug-likeness (QED) is 0.841. The number of thiophene rings is 1. The Hall–Kier alpha value is -1.36. The Morgan fingerprint density at radius 2 is 2.04 bits per heavy atom. The van der Waals surface area contributed by atoms with E-state index in [2.05, 4.69) is 11.4 Å². The molecule has 2 aliphatic rings. The van der Waals surface area contributed by atoms with Crippen molar-refractivity contribution in [3.8, 4) is 0 Å². The molecule has 0 aromatic carbocycles. The highest BCUT2D eigenvalue weighted by Crippen LogP contribution is 2.25. The van der Waals surface area contributed by atoms with Gasteiger partial charge in [0.1, 0.15) is 0 Å². The first kappa shape index (κ1) is 16.5. The standard InChI is InChI=1S/C18H26N2O2S/c21-17(10-9-16-8-5-11-23-16)19-14-12-18(22)20(13-14)15-6-3-1-2-4-7-15/h5,8,11,14-15H,1-4,6-7,9-10,12-13H2,(H,19,21). The molecule has 1 aromatic heterocycles. The number of rotatable bonds is 5. The SMILES string of the molecule is O=C(CCc1cccs1)NC1CC(=O)N(C2CCCCCC2)C1. The van der Waals surface area contributed by atoms with Crippen molar-refractivity contribution >= 4 is 23.2 Å². The molecule has 1 N–H and O–H groups in total. The van der Waals surface area contributed by atoms with Crippen LogP contribution in [0.2, 0.25) is 0 Å². The van der Waals surface area contributed by atoms with Crippen molar-refractivity contribution in [1.29, 1.82) is 0 Å². The van der Waals surface area contributed by atoms with E-state index in [0.29, 0.717) is 25.4 Å². The number of hydrogen-bond acceptors (Lipinski definition) is 3. The average molecular weight is 334 g/mol. The van der Waals surface area contributed by atoms with Crippen LogP contribution in [0.15, 0.2) is 17.5 Å². The third-order valence-electron chi connectivity index (χ3n) is 4.97. The first-order chi connectivity index (χ1) is 11.2. The van der Waals surface area contributed by atoms with Gasteiger partial charge in [-0.15, -0.1) is 11.3 Å². The molecule has 2 amide bonds. The Balaban J connectivity index is 1.46. The molecule has 0 spiro atoms. The minimum absolute atomic E-state index is 0.00147. The number of nitrogens with one attached hydrogen (secondary N) is 1. The predicted octanol–water partition coefficient (Wildman–Crippen LogP) is 3.12. The second-order valence-electron chi connectivity index (χ2n) is 6.74. The van der Waals surface area contributed by atoms with Gasteiger partial charge >= 0.3 is 0 Å². The molecule has 1 aromatic rings. The van der Waals surface area contributed by atoms with Crippen LogP contribution < -0.4 is 5.32 Å². The van der Waals surface area contributed by atoms with Crippen molar-refractivity contribution in [1.82, 2.24) is 10.2 Å². The van der Waals surface area contributed by atoms with Gasteiger partial charge < -0.3 is 10.2 Å². The smallest absolute Gasteiger partial charge is 0.225 e. The van der Waals surface area contributed by atoms with Crippen LogP contribution >= 0.6 is 11.3 Å². The summed E-state index contributed by atoms with van der Waals surface area (Å²) in [5, 5.41) is 5.09. The highest BCUT2D eigenvalue weighted by atomic mass is 32.1. The van der Waals surface area contributed by atoms with E-state index < -0.39 is 0 Å². The first-order valence-corrected chi connectivity index (χ1v) is 9.71. The molecule has 1 aliphatic carbocycles. The third-order valence-corrected chi connectivity index (χ3v) is 5.90. The molecule has 1 saturated carbocycles. The highest BCUT2D eigenvalue weighted by Gasteiger charge is 2.34. The molecule has 1 unspecified atom stereocenters. The Kier molecular flexibility index (Phi) is 5.70. The van der Waals surface area contributed by atoms with Gasteiger partial charge in [0.25, 0.3) is 0 Å². The summed E-state index contributed by atoms with van der Waals surface area (Å²) in [5.41, 5.74) is 0. The van der Waals surface area contributed by atoms with Crippen molar-refractivity contribution in [3.63, 3.8) is 0 Å². The van der Waals surface area contributed by atoms with Crippen LogP contribution in [0.4, 0.5) is 0 Å². The molecule has 0 radical (unpaired) electrons. The lowest BCUT2D eigenvalue weighted by Crippen LogP contribution is -2.40. The second-order valence-corrected chi connectivity index (χ2v) is 7.77. The summed E-state index contributed by atoms with van der Waals surface area (Å²) in [6.45, 7) is 0.703. The normalized spacial score (nSPS) is 23.0. The monoisotopic (exact) mass is 334 g/mol. The van der Waals surface area contributed by atoms with Crippen LogP contribution in [-0.4, -0.2) is 35.3 Å². The van der Waals surface area contributed by atoms with E-state index in [1.807, 2.05) is 16.3 Å². The van der Waals surface area contributed by atoms with E-state index in [1.54, 1.807) is 11.3 Å². The van der Waals surface area contributed by atoms with Crippen molar-refractivity contribution in [3.05, 3.63) is 22.4 Å². The zero-order chi connectivity index (χ0) is 16.1. The molecule has 2 heterocycles. The third kappa shape index (κ3) is 4.56. The van der Waals surface area contributed by atoms with Crippen LogP contribution in [0, 0.1) is 0 Å². The fourth-order valence-corrected chi connectivity index (χ4v) is 4.45. The maximum atomic E-state index is 12.3. The highest BCUT2D eigenvalue weighted by molar-refractivity contribution is 7.09. The average Bonchev–Trinajstić information content (AvgIpc) is 3.08. The summed E-state index contributed by atoms with van der Waals surface area (Å²) in [5.74, 6) is 0.291. The minimum Gasteiger partial charge on any atom is -0.351 e. The second kappa shape index (κ2) is 7.95. The van der Waals surface area contributed by atoms with Gasteiger partial charge in [-0.25, -0.2) is 0 Å². The molecular formula is C18H26N2O2S. The summed E-state index contributed by atoms with van der Waals surface area (Å²) < 4.78 is 0. The van der Waals surface area contributed by atoms with Crippen molar-refractivity contribution < 1.29 is 9.59 Å². The Bertz CT molecular complexity index is 521. The fourth-order valence-electron chi connectivity index (χ4n) is 3.74.